The molecule has 1 aromatic heterocycles. The normalized spacial score (nSPS) is 19.0. The highest BCUT2D eigenvalue weighted by atomic mass is 16.6. The molecule has 2 heterocycles. The van der Waals surface area contributed by atoms with Crippen molar-refractivity contribution in [3.05, 3.63) is 22.2 Å². The maximum atomic E-state index is 11.0. The van der Waals surface area contributed by atoms with Crippen molar-refractivity contribution < 1.29 is 4.92 Å². The number of rotatable bonds is 4. The fraction of sp³-hybridized carbons (Fsp3) is 0.583. The van der Waals surface area contributed by atoms with Gasteiger partial charge in [-0.1, -0.05) is 6.92 Å². The first-order valence-electron chi connectivity index (χ1n) is 6.26. The Balaban J connectivity index is 2.34. The number of hydrogen-bond donors (Lipinski definition) is 1. The lowest BCUT2D eigenvalue weighted by Gasteiger charge is -2.17. The van der Waals surface area contributed by atoms with Gasteiger partial charge in [0.25, 0.3) is 0 Å². The Morgan fingerprint density at radius 1 is 1.61 bits per heavy atom. The molecule has 2 rings (SSSR count). The Kier molecular flexibility index (Phi) is 3.64. The van der Waals surface area contributed by atoms with Gasteiger partial charge in [0.05, 0.1) is 4.92 Å². The van der Waals surface area contributed by atoms with Crippen LogP contribution in [0.2, 0.25) is 0 Å². The first-order chi connectivity index (χ1) is 8.61. The molecule has 1 aromatic rings. The quantitative estimate of drug-likeness (QED) is 0.655. The molecule has 0 saturated carbocycles. The fourth-order valence-electron chi connectivity index (χ4n) is 2.22. The van der Waals surface area contributed by atoms with E-state index in [1.807, 2.05) is 11.8 Å². The van der Waals surface area contributed by atoms with Crippen LogP contribution in [0.4, 0.5) is 17.3 Å². The van der Waals surface area contributed by atoms with Crippen LogP contribution in [0.5, 0.6) is 0 Å². The third-order valence-corrected chi connectivity index (χ3v) is 3.13. The van der Waals surface area contributed by atoms with E-state index in [1.54, 1.807) is 6.07 Å². The van der Waals surface area contributed by atoms with E-state index < -0.39 is 0 Å². The Morgan fingerprint density at radius 3 is 2.94 bits per heavy atom. The highest BCUT2D eigenvalue weighted by molar-refractivity contribution is 5.62. The van der Waals surface area contributed by atoms with Crippen molar-refractivity contribution in [2.45, 2.75) is 20.3 Å². The SMILES string of the molecule is CCNc1ccc([N+](=O)[O-])c(N2CCC(C)C2)n1. The molecule has 1 fully saturated rings. The average Bonchev–Trinajstić information content (AvgIpc) is 2.76. The van der Waals surface area contributed by atoms with Crippen LogP contribution in [0.15, 0.2) is 12.1 Å². The summed E-state index contributed by atoms with van der Waals surface area (Å²) in [5.41, 5.74) is 0.0887. The molecule has 0 aromatic carbocycles. The molecule has 1 atom stereocenters. The van der Waals surface area contributed by atoms with Gasteiger partial charge in [-0.2, -0.15) is 0 Å². The largest absolute Gasteiger partial charge is 0.370 e. The summed E-state index contributed by atoms with van der Waals surface area (Å²) in [7, 11) is 0. The zero-order valence-corrected chi connectivity index (χ0v) is 10.7. The molecule has 18 heavy (non-hydrogen) atoms. The summed E-state index contributed by atoms with van der Waals surface area (Å²) in [6, 6.07) is 3.19. The van der Waals surface area contributed by atoms with Gasteiger partial charge in [-0.3, -0.25) is 10.1 Å². The molecule has 0 spiro atoms. The molecule has 6 heteroatoms. The number of aromatic nitrogens is 1. The molecule has 0 radical (unpaired) electrons. The Bertz CT molecular complexity index is 450. The van der Waals surface area contributed by atoms with Gasteiger partial charge in [-0.05, 0) is 25.3 Å². The zero-order chi connectivity index (χ0) is 13.1. The second-order valence-corrected chi connectivity index (χ2v) is 4.67. The van der Waals surface area contributed by atoms with Gasteiger partial charge < -0.3 is 10.2 Å². The van der Waals surface area contributed by atoms with Crippen LogP contribution < -0.4 is 10.2 Å². The van der Waals surface area contributed by atoms with Gasteiger partial charge in [0.15, 0.2) is 0 Å². The summed E-state index contributed by atoms with van der Waals surface area (Å²) in [6.45, 7) is 6.55. The summed E-state index contributed by atoms with van der Waals surface area (Å²) in [4.78, 5) is 17.1. The third-order valence-electron chi connectivity index (χ3n) is 3.13. The van der Waals surface area contributed by atoms with E-state index in [4.69, 9.17) is 0 Å². The Hall–Kier alpha value is -1.85. The number of hydrogen-bond acceptors (Lipinski definition) is 5. The third kappa shape index (κ3) is 2.52. The number of nitrogens with one attached hydrogen (secondary N) is 1. The number of anilines is 2. The Morgan fingerprint density at radius 2 is 2.39 bits per heavy atom. The van der Waals surface area contributed by atoms with Gasteiger partial charge in [0.2, 0.25) is 5.82 Å². The summed E-state index contributed by atoms with van der Waals surface area (Å²) in [6.07, 6.45) is 1.06. The van der Waals surface area contributed by atoms with Gasteiger partial charge >= 0.3 is 5.69 Å². The second kappa shape index (κ2) is 5.20. The molecular weight excluding hydrogens is 232 g/mol. The highest BCUT2D eigenvalue weighted by Gasteiger charge is 2.27. The van der Waals surface area contributed by atoms with Gasteiger partial charge in [-0.25, -0.2) is 4.98 Å². The molecule has 1 unspecified atom stereocenters. The van der Waals surface area contributed by atoms with E-state index in [0.717, 1.165) is 26.1 Å². The van der Waals surface area contributed by atoms with Crippen LogP contribution in [0, 0.1) is 16.0 Å². The van der Waals surface area contributed by atoms with Crippen molar-refractivity contribution in [1.29, 1.82) is 0 Å². The van der Waals surface area contributed by atoms with E-state index in [1.165, 1.54) is 6.07 Å². The maximum absolute atomic E-state index is 11.0. The number of nitro groups is 1. The Labute approximate surface area is 106 Å². The number of nitrogens with zero attached hydrogens (tertiary/aromatic N) is 3. The van der Waals surface area contributed by atoms with Gasteiger partial charge in [0, 0.05) is 25.7 Å². The van der Waals surface area contributed by atoms with E-state index in [2.05, 4.69) is 17.2 Å². The molecule has 98 valence electrons. The molecule has 6 nitrogen and oxygen atoms in total. The fourth-order valence-corrected chi connectivity index (χ4v) is 2.22. The smallest absolute Gasteiger partial charge is 0.311 e. The lowest BCUT2D eigenvalue weighted by atomic mass is 10.2. The minimum atomic E-state index is -0.360. The first kappa shape index (κ1) is 12.6. The molecule has 0 amide bonds. The van der Waals surface area contributed by atoms with Gasteiger partial charge in [0.1, 0.15) is 5.82 Å². The predicted molar refractivity (Wildman–Crippen MR) is 71.0 cm³/mol. The molecular formula is C12H18N4O2. The monoisotopic (exact) mass is 250 g/mol. The molecule has 0 aliphatic carbocycles. The summed E-state index contributed by atoms with van der Waals surface area (Å²) in [5.74, 6) is 1.75. The lowest BCUT2D eigenvalue weighted by molar-refractivity contribution is -0.384. The van der Waals surface area contributed by atoms with Crippen LogP contribution >= 0.6 is 0 Å². The van der Waals surface area contributed by atoms with Crippen molar-refractivity contribution in [3.8, 4) is 0 Å². The van der Waals surface area contributed by atoms with Crippen molar-refractivity contribution in [2.75, 3.05) is 29.9 Å². The lowest BCUT2D eigenvalue weighted by Crippen LogP contribution is -2.22. The molecule has 1 saturated heterocycles. The van der Waals surface area contributed by atoms with E-state index in [0.29, 0.717) is 17.6 Å². The molecule has 1 N–H and O–H groups in total. The van der Waals surface area contributed by atoms with Crippen LogP contribution in [-0.4, -0.2) is 29.5 Å². The van der Waals surface area contributed by atoms with Crippen LogP contribution in [0.1, 0.15) is 20.3 Å². The highest BCUT2D eigenvalue weighted by Crippen LogP contribution is 2.31. The van der Waals surface area contributed by atoms with Crippen molar-refractivity contribution in [1.82, 2.24) is 4.98 Å². The second-order valence-electron chi connectivity index (χ2n) is 4.67. The minimum Gasteiger partial charge on any atom is -0.370 e. The summed E-state index contributed by atoms with van der Waals surface area (Å²) < 4.78 is 0. The average molecular weight is 250 g/mol. The molecule has 0 bridgehead atoms. The van der Waals surface area contributed by atoms with Crippen molar-refractivity contribution in [3.63, 3.8) is 0 Å². The standard InChI is InChI=1S/C12H18N4O2/c1-3-13-11-5-4-10(16(17)18)12(14-11)15-7-6-9(2)8-15/h4-5,9H,3,6-8H2,1-2H3,(H,13,14). The molecule has 1 aliphatic heterocycles. The van der Waals surface area contributed by atoms with Crippen molar-refractivity contribution in [2.24, 2.45) is 5.92 Å². The zero-order valence-electron chi connectivity index (χ0n) is 10.7. The molecule has 1 aliphatic rings. The van der Waals surface area contributed by atoms with Gasteiger partial charge in [-0.15, -0.1) is 0 Å². The minimum absolute atomic E-state index is 0.0887. The van der Waals surface area contributed by atoms with Crippen LogP contribution in [-0.2, 0) is 0 Å². The van der Waals surface area contributed by atoms with Crippen LogP contribution in [0.25, 0.3) is 0 Å². The summed E-state index contributed by atoms with van der Waals surface area (Å²) in [5, 5.41) is 14.1. The van der Waals surface area contributed by atoms with E-state index in [-0.39, 0.29) is 10.6 Å². The topological polar surface area (TPSA) is 71.3 Å². The van der Waals surface area contributed by atoms with Crippen molar-refractivity contribution >= 4 is 17.3 Å². The van der Waals surface area contributed by atoms with E-state index in [9.17, 15) is 10.1 Å². The maximum Gasteiger partial charge on any atom is 0.311 e. The number of pyridine rings is 1. The first-order valence-corrected chi connectivity index (χ1v) is 6.26. The summed E-state index contributed by atoms with van der Waals surface area (Å²) >= 11 is 0. The predicted octanol–water partition coefficient (Wildman–Crippen LogP) is 2.27. The van der Waals surface area contributed by atoms with E-state index >= 15 is 0 Å². The van der Waals surface area contributed by atoms with Crippen LogP contribution in [0.3, 0.4) is 0 Å².